The summed E-state index contributed by atoms with van der Waals surface area (Å²) in [7, 11) is 1.84. The molecule has 17 heavy (non-hydrogen) atoms. The minimum atomic E-state index is -0.775. The normalized spacial score (nSPS) is 15.9. The zero-order valence-electron chi connectivity index (χ0n) is 10.9. The Bertz CT molecular complexity index is 276. The number of hydrogen-bond acceptors (Lipinski definition) is 3. The van der Waals surface area contributed by atoms with E-state index in [1.807, 2.05) is 20.9 Å². The lowest BCUT2D eigenvalue weighted by Crippen LogP contribution is -2.33. The van der Waals surface area contributed by atoms with E-state index in [-0.39, 0.29) is 24.3 Å². The summed E-state index contributed by atoms with van der Waals surface area (Å²) in [5, 5.41) is 11.9. The molecule has 0 aromatic heterocycles. The maximum absolute atomic E-state index is 10.6. The van der Waals surface area contributed by atoms with Gasteiger partial charge in [0.25, 0.3) is 0 Å². The van der Waals surface area contributed by atoms with E-state index in [9.17, 15) is 9.59 Å². The fourth-order valence-electron chi connectivity index (χ4n) is 1.86. The third kappa shape index (κ3) is 6.22. The lowest BCUT2D eigenvalue weighted by molar-refractivity contribution is -0.138. The quantitative estimate of drug-likeness (QED) is 0.477. The van der Waals surface area contributed by atoms with Crippen LogP contribution < -0.4 is 5.32 Å². The second-order valence-electron chi connectivity index (χ2n) is 4.64. The van der Waals surface area contributed by atoms with Gasteiger partial charge in [0.1, 0.15) is 6.29 Å². The summed E-state index contributed by atoms with van der Waals surface area (Å²) in [4.78, 5) is 21.2. The number of carboxylic acids is 1. The molecule has 4 heteroatoms. The predicted molar refractivity (Wildman–Crippen MR) is 67.9 cm³/mol. The fraction of sp³-hybridized carbons (Fsp3) is 0.692. The molecule has 0 aliphatic rings. The van der Waals surface area contributed by atoms with Gasteiger partial charge in [-0.05, 0) is 37.3 Å². The number of rotatable bonds is 9. The average Bonchev–Trinajstić information content (AvgIpc) is 2.27. The minimum Gasteiger partial charge on any atom is -0.481 e. The number of hydrogen-bond donors (Lipinski definition) is 2. The van der Waals surface area contributed by atoms with Crippen molar-refractivity contribution in [3.8, 4) is 0 Å². The standard InChI is InChI=1S/C13H23NO3/c1-9(11(3)8-15)5-6-12(14-4)10(2)7-13(16)17/h8-10,12,14H,3,5-7H2,1-2,4H3,(H,16,17). The first-order valence-corrected chi connectivity index (χ1v) is 5.95. The zero-order valence-corrected chi connectivity index (χ0v) is 10.9. The molecule has 0 aliphatic heterocycles. The minimum absolute atomic E-state index is 0.0780. The molecule has 0 radical (unpaired) electrons. The highest BCUT2D eigenvalue weighted by Crippen LogP contribution is 2.19. The van der Waals surface area contributed by atoms with E-state index < -0.39 is 5.97 Å². The van der Waals surface area contributed by atoms with Crippen LogP contribution in [0.15, 0.2) is 12.2 Å². The largest absolute Gasteiger partial charge is 0.481 e. The Kier molecular flexibility index (Phi) is 7.46. The van der Waals surface area contributed by atoms with Crippen LogP contribution in [-0.2, 0) is 9.59 Å². The van der Waals surface area contributed by atoms with Crippen molar-refractivity contribution < 1.29 is 14.7 Å². The Morgan fingerprint density at radius 3 is 2.41 bits per heavy atom. The summed E-state index contributed by atoms with van der Waals surface area (Å²) in [5.74, 6) is -0.544. The Balaban J connectivity index is 4.17. The molecule has 0 heterocycles. The highest BCUT2D eigenvalue weighted by atomic mass is 16.4. The lowest BCUT2D eigenvalue weighted by Gasteiger charge is -2.23. The monoisotopic (exact) mass is 241 g/mol. The average molecular weight is 241 g/mol. The van der Waals surface area contributed by atoms with Gasteiger partial charge in [0.2, 0.25) is 0 Å². The Hall–Kier alpha value is -1.16. The maximum Gasteiger partial charge on any atom is 0.303 e. The van der Waals surface area contributed by atoms with Crippen LogP contribution in [0.4, 0.5) is 0 Å². The van der Waals surface area contributed by atoms with Crippen molar-refractivity contribution in [2.75, 3.05) is 7.05 Å². The first-order valence-electron chi connectivity index (χ1n) is 5.95. The van der Waals surface area contributed by atoms with Crippen LogP contribution >= 0.6 is 0 Å². The molecule has 0 saturated carbocycles. The van der Waals surface area contributed by atoms with Gasteiger partial charge in [-0.25, -0.2) is 0 Å². The number of aldehydes is 1. The van der Waals surface area contributed by atoms with Gasteiger partial charge >= 0.3 is 5.97 Å². The van der Waals surface area contributed by atoms with E-state index in [1.165, 1.54) is 0 Å². The van der Waals surface area contributed by atoms with E-state index in [4.69, 9.17) is 5.11 Å². The van der Waals surface area contributed by atoms with Crippen LogP contribution in [-0.4, -0.2) is 30.5 Å². The molecule has 0 bridgehead atoms. The van der Waals surface area contributed by atoms with E-state index in [1.54, 1.807) is 0 Å². The number of carboxylic acid groups (broad SMARTS) is 1. The van der Waals surface area contributed by atoms with Crippen LogP contribution in [0.1, 0.15) is 33.1 Å². The van der Waals surface area contributed by atoms with E-state index in [0.29, 0.717) is 5.57 Å². The van der Waals surface area contributed by atoms with Crippen molar-refractivity contribution >= 4 is 12.3 Å². The Morgan fingerprint density at radius 2 is 2.00 bits per heavy atom. The molecule has 98 valence electrons. The zero-order chi connectivity index (χ0) is 13.4. The van der Waals surface area contributed by atoms with Gasteiger partial charge in [0.15, 0.2) is 0 Å². The second kappa shape index (κ2) is 8.01. The SMILES string of the molecule is C=C(C=O)C(C)CCC(NC)C(C)CC(=O)O. The second-order valence-corrected chi connectivity index (χ2v) is 4.64. The molecule has 0 spiro atoms. The maximum atomic E-state index is 10.6. The topological polar surface area (TPSA) is 66.4 Å². The third-order valence-corrected chi connectivity index (χ3v) is 3.25. The summed E-state index contributed by atoms with van der Waals surface area (Å²) in [5.41, 5.74) is 0.603. The van der Waals surface area contributed by atoms with Crippen LogP contribution in [0, 0.1) is 11.8 Å². The number of allylic oxidation sites excluding steroid dienone is 1. The summed E-state index contributed by atoms with van der Waals surface area (Å²) >= 11 is 0. The molecule has 0 amide bonds. The number of carbonyl (C=O) groups is 2. The lowest BCUT2D eigenvalue weighted by atomic mass is 9.89. The first kappa shape index (κ1) is 15.8. The molecule has 4 nitrogen and oxygen atoms in total. The molecule has 0 aromatic rings. The number of nitrogens with one attached hydrogen (secondary N) is 1. The smallest absolute Gasteiger partial charge is 0.303 e. The molecular formula is C13H23NO3. The molecule has 0 aromatic carbocycles. The van der Waals surface area contributed by atoms with Crippen molar-refractivity contribution in [2.24, 2.45) is 11.8 Å². The van der Waals surface area contributed by atoms with Gasteiger partial charge in [0, 0.05) is 12.5 Å². The van der Waals surface area contributed by atoms with Gasteiger partial charge in [-0.3, -0.25) is 9.59 Å². The van der Waals surface area contributed by atoms with Gasteiger partial charge in [-0.15, -0.1) is 0 Å². The number of carbonyl (C=O) groups excluding carboxylic acids is 1. The predicted octanol–water partition coefficient (Wildman–Crippen LogP) is 1.86. The van der Waals surface area contributed by atoms with E-state index in [2.05, 4.69) is 11.9 Å². The summed E-state index contributed by atoms with van der Waals surface area (Å²) in [6.07, 6.45) is 2.64. The molecule has 0 fully saturated rings. The molecule has 0 aliphatic carbocycles. The first-order chi connectivity index (χ1) is 7.92. The molecule has 3 atom stereocenters. The Morgan fingerprint density at radius 1 is 1.41 bits per heavy atom. The van der Waals surface area contributed by atoms with Crippen LogP contribution in [0.5, 0.6) is 0 Å². The third-order valence-electron chi connectivity index (χ3n) is 3.25. The highest BCUT2D eigenvalue weighted by Gasteiger charge is 2.19. The molecule has 0 saturated heterocycles. The fourth-order valence-corrected chi connectivity index (χ4v) is 1.86. The molecular weight excluding hydrogens is 218 g/mol. The van der Waals surface area contributed by atoms with Crippen molar-refractivity contribution in [2.45, 2.75) is 39.2 Å². The van der Waals surface area contributed by atoms with E-state index in [0.717, 1.165) is 19.1 Å². The van der Waals surface area contributed by atoms with Crippen molar-refractivity contribution in [1.29, 1.82) is 0 Å². The van der Waals surface area contributed by atoms with Crippen molar-refractivity contribution in [3.63, 3.8) is 0 Å². The van der Waals surface area contributed by atoms with Crippen LogP contribution in [0.2, 0.25) is 0 Å². The highest BCUT2D eigenvalue weighted by molar-refractivity contribution is 5.72. The molecule has 3 unspecified atom stereocenters. The summed E-state index contributed by atoms with van der Waals surface area (Å²) in [6.45, 7) is 7.58. The summed E-state index contributed by atoms with van der Waals surface area (Å²) in [6, 6.07) is 0.160. The van der Waals surface area contributed by atoms with Gasteiger partial charge in [0.05, 0.1) is 0 Å². The van der Waals surface area contributed by atoms with Gasteiger partial charge in [-0.2, -0.15) is 0 Å². The van der Waals surface area contributed by atoms with Gasteiger partial charge in [-0.1, -0.05) is 20.4 Å². The van der Waals surface area contributed by atoms with Crippen molar-refractivity contribution in [3.05, 3.63) is 12.2 Å². The Labute approximate surface area is 103 Å². The molecule has 0 rings (SSSR count). The van der Waals surface area contributed by atoms with Crippen LogP contribution in [0.3, 0.4) is 0 Å². The molecule has 2 N–H and O–H groups in total. The van der Waals surface area contributed by atoms with Crippen molar-refractivity contribution in [1.82, 2.24) is 5.32 Å². The van der Waals surface area contributed by atoms with Crippen LogP contribution in [0.25, 0.3) is 0 Å². The number of aliphatic carboxylic acids is 1. The van der Waals surface area contributed by atoms with E-state index >= 15 is 0 Å². The summed E-state index contributed by atoms with van der Waals surface area (Å²) < 4.78 is 0. The van der Waals surface area contributed by atoms with Gasteiger partial charge < -0.3 is 10.4 Å².